The van der Waals surface area contributed by atoms with Crippen LogP contribution in [0.4, 0.5) is 0 Å². The van der Waals surface area contributed by atoms with E-state index in [9.17, 15) is 0 Å². The fraction of sp³-hybridized carbons (Fsp3) is 1.00. The Kier molecular flexibility index (Phi) is 18.9. The molecule has 1 saturated heterocycles. The Morgan fingerprint density at radius 2 is 1.67 bits per heavy atom. The summed E-state index contributed by atoms with van der Waals surface area (Å²) in [6, 6.07) is 0. The van der Waals surface area contributed by atoms with Gasteiger partial charge in [0.2, 0.25) is 0 Å². The van der Waals surface area contributed by atoms with Gasteiger partial charge in [-0.25, -0.2) is 0 Å². The lowest BCUT2D eigenvalue weighted by atomic mass is 10.3. The van der Waals surface area contributed by atoms with Gasteiger partial charge in [-0.3, -0.25) is 0 Å². The molecule has 0 amide bonds. The van der Waals surface area contributed by atoms with Crippen LogP contribution in [0, 0.1) is 0 Å². The van der Waals surface area contributed by atoms with E-state index in [1.807, 2.05) is 27.7 Å². The lowest BCUT2D eigenvalue weighted by molar-refractivity contribution is 0.288. The summed E-state index contributed by atoms with van der Waals surface area (Å²) in [5.74, 6) is 0. The van der Waals surface area contributed by atoms with Crippen LogP contribution in [0.25, 0.3) is 0 Å². The molecule has 1 fully saturated rings. The molecule has 0 aromatic heterocycles. The van der Waals surface area contributed by atoms with Gasteiger partial charge in [-0.1, -0.05) is 41.0 Å². The number of nitrogens with one attached hydrogen (secondary N) is 1. The zero-order valence-corrected chi connectivity index (χ0v) is 11.6. The molecule has 0 aromatic carbocycles. The van der Waals surface area contributed by atoms with Crippen molar-refractivity contribution in [3.8, 4) is 0 Å². The summed E-state index contributed by atoms with van der Waals surface area (Å²) >= 11 is 0. The summed E-state index contributed by atoms with van der Waals surface area (Å²) in [6.07, 6.45) is 4.01. The summed E-state index contributed by atoms with van der Waals surface area (Å²) in [4.78, 5) is 2.57. The van der Waals surface area contributed by atoms with Gasteiger partial charge in [0.15, 0.2) is 0 Å². The molecule has 0 radical (unpaired) electrons. The second-order valence-corrected chi connectivity index (χ2v) is 3.30. The number of hydrogen-bond acceptors (Lipinski definition) is 2. The summed E-state index contributed by atoms with van der Waals surface area (Å²) in [5, 5.41) is 3.41. The van der Waals surface area contributed by atoms with Gasteiger partial charge in [0, 0.05) is 13.1 Å². The van der Waals surface area contributed by atoms with Crippen molar-refractivity contribution in [3.05, 3.63) is 0 Å². The molecule has 0 spiro atoms. The first-order valence-corrected chi connectivity index (χ1v) is 6.86. The van der Waals surface area contributed by atoms with E-state index in [1.165, 1.54) is 52.0 Å². The zero-order chi connectivity index (χ0) is 11.9. The van der Waals surface area contributed by atoms with Crippen LogP contribution in [-0.2, 0) is 0 Å². The Morgan fingerprint density at radius 1 is 1.00 bits per heavy atom. The average molecular weight is 216 g/mol. The SMILES string of the molecule is CC.CC.CCCCN1CCCNCC1. The van der Waals surface area contributed by atoms with Gasteiger partial charge in [0.05, 0.1) is 0 Å². The first-order valence-electron chi connectivity index (χ1n) is 6.86. The minimum Gasteiger partial charge on any atom is -0.315 e. The Morgan fingerprint density at radius 3 is 2.27 bits per heavy atom. The van der Waals surface area contributed by atoms with E-state index in [1.54, 1.807) is 0 Å². The monoisotopic (exact) mass is 216 g/mol. The van der Waals surface area contributed by atoms with Crippen molar-refractivity contribution in [1.82, 2.24) is 10.2 Å². The minimum atomic E-state index is 1.18. The standard InChI is InChI=1S/C9H20N2.2C2H6/c1-2-3-7-11-8-4-5-10-6-9-11;2*1-2/h10H,2-9H2,1H3;2*1-2H3. The molecule has 0 saturated carbocycles. The highest BCUT2D eigenvalue weighted by Crippen LogP contribution is 1.98. The summed E-state index contributed by atoms with van der Waals surface area (Å²) in [5.41, 5.74) is 0. The van der Waals surface area contributed by atoms with Crippen LogP contribution in [0.5, 0.6) is 0 Å². The quantitative estimate of drug-likeness (QED) is 0.780. The third-order valence-electron chi connectivity index (χ3n) is 2.26. The molecule has 1 rings (SSSR count). The van der Waals surface area contributed by atoms with Crippen molar-refractivity contribution < 1.29 is 0 Å². The zero-order valence-electron chi connectivity index (χ0n) is 11.6. The van der Waals surface area contributed by atoms with E-state index in [2.05, 4.69) is 17.1 Å². The molecule has 0 aromatic rings. The first kappa shape index (κ1) is 17.3. The van der Waals surface area contributed by atoms with Gasteiger partial charge in [-0.05, 0) is 32.5 Å². The molecule has 0 unspecified atom stereocenters. The van der Waals surface area contributed by atoms with Gasteiger partial charge in [-0.15, -0.1) is 0 Å². The third-order valence-corrected chi connectivity index (χ3v) is 2.26. The van der Waals surface area contributed by atoms with Crippen molar-refractivity contribution in [2.75, 3.05) is 32.7 Å². The van der Waals surface area contributed by atoms with E-state index >= 15 is 0 Å². The molecule has 1 N–H and O–H groups in total. The normalized spacial score (nSPS) is 16.6. The molecule has 0 bridgehead atoms. The van der Waals surface area contributed by atoms with Gasteiger partial charge in [-0.2, -0.15) is 0 Å². The Hall–Kier alpha value is -0.0800. The van der Waals surface area contributed by atoms with Crippen molar-refractivity contribution in [2.45, 2.75) is 53.9 Å². The topological polar surface area (TPSA) is 15.3 Å². The van der Waals surface area contributed by atoms with E-state index < -0.39 is 0 Å². The molecule has 15 heavy (non-hydrogen) atoms. The van der Waals surface area contributed by atoms with Crippen LogP contribution in [0.15, 0.2) is 0 Å². The Labute approximate surface area is 97.4 Å². The van der Waals surface area contributed by atoms with Crippen molar-refractivity contribution in [2.24, 2.45) is 0 Å². The second kappa shape index (κ2) is 16.4. The molecule has 94 valence electrons. The molecule has 1 heterocycles. The maximum absolute atomic E-state index is 3.41. The van der Waals surface area contributed by atoms with Crippen LogP contribution in [0.1, 0.15) is 53.9 Å². The van der Waals surface area contributed by atoms with Gasteiger partial charge in [0.25, 0.3) is 0 Å². The lowest BCUT2D eigenvalue weighted by Crippen LogP contribution is -2.28. The first-order chi connectivity index (χ1) is 7.43. The summed E-state index contributed by atoms with van der Waals surface area (Å²) in [6.45, 7) is 16.5. The van der Waals surface area contributed by atoms with Crippen molar-refractivity contribution in [1.29, 1.82) is 0 Å². The fourth-order valence-electron chi connectivity index (χ4n) is 1.51. The predicted octanol–water partition coefficient (Wildman–Crippen LogP) is 3.13. The molecule has 1 aliphatic heterocycles. The van der Waals surface area contributed by atoms with Gasteiger partial charge in [0.1, 0.15) is 0 Å². The van der Waals surface area contributed by atoms with Gasteiger partial charge < -0.3 is 10.2 Å². The third kappa shape index (κ3) is 11.8. The van der Waals surface area contributed by atoms with E-state index in [0.29, 0.717) is 0 Å². The van der Waals surface area contributed by atoms with Crippen LogP contribution < -0.4 is 5.32 Å². The van der Waals surface area contributed by atoms with Crippen molar-refractivity contribution in [3.63, 3.8) is 0 Å². The van der Waals surface area contributed by atoms with E-state index in [0.717, 1.165) is 0 Å². The largest absolute Gasteiger partial charge is 0.315 e. The Bertz CT molecular complexity index is 86.5. The smallest absolute Gasteiger partial charge is 0.0107 e. The highest BCUT2D eigenvalue weighted by Gasteiger charge is 2.06. The highest BCUT2D eigenvalue weighted by molar-refractivity contribution is 4.64. The minimum absolute atomic E-state index is 1.18. The number of unbranched alkanes of at least 4 members (excludes halogenated alkanes) is 1. The van der Waals surface area contributed by atoms with E-state index in [4.69, 9.17) is 0 Å². The maximum atomic E-state index is 3.41. The highest BCUT2D eigenvalue weighted by atomic mass is 15.1. The van der Waals surface area contributed by atoms with Crippen LogP contribution in [-0.4, -0.2) is 37.6 Å². The van der Waals surface area contributed by atoms with Crippen molar-refractivity contribution >= 4 is 0 Å². The maximum Gasteiger partial charge on any atom is 0.0107 e. The van der Waals surface area contributed by atoms with Crippen LogP contribution >= 0.6 is 0 Å². The second-order valence-electron chi connectivity index (χ2n) is 3.30. The molecule has 2 heteroatoms. The molecule has 0 atom stereocenters. The average Bonchev–Trinajstić information content (AvgIpc) is 2.60. The lowest BCUT2D eigenvalue weighted by Gasteiger charge is -2.18. The molecule has 0 aliphatic carbocycles. The fourth-order valence-corrected chi connectivity index (χ4v) is 1.51. The predicted molar refractivity (Wildman–Crippen MR) is 71.5 cm³/mol. The number of hydrogen-bond donors (Lipinski definition) is 1. The summed E-state index contributed by atoms with van der Waals surface area (Å²) in [7, 11) is 0. The number of rotatable bonds is 3. The number of nitrogens with zero attached hydrogens (tertiary/aromatic N) is 1. The van der Waals surface area contributed by atoms with E-state index in [-0.39, 0.29) is 0 Å². The molecule has 1 aliphatic rings. The molecular weight excluding hydrogens is 184 g/mol. The summed E-state index contributed by atoms with van der Waals surface area (Å²) < 4.78 is 0. The van der Waals surface area contributed by atoms with Crippen LogP contribution in [0.2, 0.25) is 0 Å². The molecule has 2 nitrogen and oxygen atoms in total. The molecular formula is C13H32N2. The van der Waals surface area contributed by atoms with Crippen LogP contribution in [0.3, 0.4) is 0 Å². The Balaban J connectivity index is 0. The van der Waals surface area contributed by atoms with Gasteiger partial charge >= 0.3 is 0 Å².